The van der Waals surface area contributed by atoms with Gasteiger partial charge in [-0.2, -0.15) is 0 Å². The molecule has 0 amide bonds. The Morgan fingerprint density at radius 3 is 2.84 bits per heavy atom. The molecular weight excluding hydrogens is 238 g/mol. The van der Waals surface area contributed by atoms with Crippen LogP contribution in [0.3, 0.4) is 0 Å². The van der Waals surface area contributed by atoms with E-state index in [4.69, 9.17) is 0 Å². The Balaban J connectivity index is 1.83. The van der Waals surface area contributed by atoms with Crippen molar-refractivity contribution in [2.75, 3.05) is 13.1 Å². The summed E-state index contributed by atoms with van der Waals surface area (Å²) in [4.78, 5) is 13.6. The number of carboxylic acids is 1. The maximum Gasteiger partial charge on any atom is 0.308 e. The van der Waals surface area contributed by atoms with E-state index >= 15 is 0 Å². The number of hydrogen-bond donors (Lipinski definition) is 1. The Hall–Kier alpha value is -1.35. The van der Waals surface area contributed by atoms with Crippen molar-refractivity contribution in [3.63, 3.8) is 0 Å². The monoisotopic (exact) mass is 259 g/mol. The van der Waals surface area contributed by atoms with Gasteiger partial charge >= 0.3 is 5.97 Å². The Morgan fingerprint density at radius 1 is 1.37 bits per heavy atom. The molecule has 102 valence electrons. The lowest BCUT2D eigenvalue weighted by Gasteiger charge is -2.25. The maximum atomic E-state index is 11.2. The number of fused-ring (bicyclic) bond motifs is 1. The smallest absolute Gasteiger partial charge is 0.308 e. The highest BCUT2D eigenvalue weighted by Gasteiger charge is 2.39. The lowest BCUT2D eigenvalue weighted by molar-refractivity contribution is -0.142. The van der Waals surface area contributed by atoms with E-state index in [1.54, 1.807) is 0 Å². The van der Waals surface area contributed by atoms with Crippen LogP contribution in [0.2, 0.25) is 0 Å². The summed E-state index contributed by atoms with van der Waals surface area (Å²) in [5, 5.41) is 9.26. The normalized spacial score (nSPS) is 30.5. The van der Waals surface area contributed by atoms with Crippen molar-refractivity contribution in [1.82, 2.24) is 4.90 Å². The Morgan fingerprint density at radius 2 is 2.16 bits per heavy atom. The van der Waals surface area contributed by atoms with E-state index in [-0.39, 0.29) is 11.8 Å². The molecule has 0 radical (unpaired) electrons. The zero-order valence-corrected chi connectivity index (χ0v) is 11.6. The molecule has 3 rings (SSSR count). The number of aryl methyl sites for hydroxylation is 2. The van der Waals surface area contributed by atoms with Crippen LogP contribution >= 0.6 is 0 Å². The van der Waals surface area contributed by atoms with Gasteiger partial charge in [0.05, 0.1) is 5.92 Å². The average Bonchev–Trinajstić information content (AvgIpc) is 2.91. The molecule has 0 saturated carbocycles. The van der Waals surface area contributed by atoms with E-state index in [2.05, 4.69) is 36.9 Å². The van der Waals surface area contributed by atoms with Crippen molar-refractivity contribution in [3.8, 4) is 0 Å². The van der Waals surface area contributed by atoms with Gasteiger partial charge in [-0.25, -0.2) is 0 Å². The number of hydrogen-bond acceptors (Lipinski definition) is 2. The molecule has 19 heavy (non-hydrogen) atoms. The molecule has 0 aromatic heterocycles. The summed E-state index contributed by atoms with van der Waals surface area (Å²) in [6, 6.07) is 7.13. The van der Waals surface area contributed by atoms with Gasteiger partial charge in [0.25, 0.3) is 0 Å². The summed E-state index contributed by atoms with van der Waals surface area (Å²) in [6.45, 7) is 5.80. The molecule has 1 saturated heterocycles. The van der Waals surface area contributed by atoms with E-state index in [1.807, 2.05) is 0 Å². The van der Waals surface area contributed by atoms with Gasteiger partial charge in [0.2, 0.25) is 0 Å². The first-order chi connectivity index (χ1) is 9.06. The van der Waals surface area contributed by atoms with E-state index in [1.165, 1.54) is 16.7 Å². The second kappa shape index (κ2) is 4.64. The standard InChI is InChI=1S/C16H21NO2/c1-10-3-4-12-5-6-15(13(12)7-10)17-8-11(2)14(9-17)16(18)19/h3-4,7,11,14-15H,5-6,8-9H2,1-2H3,(H,18,19)/t11-,14-,15?/m1/s1. The zero-order valence-electron chi connectivity index (χ0n) is 11.6. The molecule has 1 heterocycles. The van der Waals surface area contributed by atoms with Crippen molar-refractivity contribution in [1.29, 1.82) is 0 Å². The molecule has 1 N–H and O–H groups in total. The van der Waals surface area contributed by atoms with Crippen molar-refractivity contribution in [2.24, 2.45) is 11.8 Å². The third-order valence-electron chi connectivity index (χ3n) is 4.75. The molecule has 0 bridgehead atoms. The minimum atomic E-state index is -0.641. The van der Waals surface area contributed by atoms with Crippen LogP contribution in [0.15, 0.2) is 18.2 Å². The lowest BCUT2D eigenvalue weighted by atomic mass is 9.99. The highest BCUT2D eigenvalue weighted by Crippen LogP contribution is 2.40. The minimum Gasteiger partial charge on any atom is -0.481 e. The number of aliphatic carboxylic acids is 1. The lowest BCUT2D eigenvalue weighted by Crippen LogP contribution is -2.26. The summed E-state index contributed by atoms with van der Waals surface area (Å²) < 4.78 is 0. The van der Waals surface area contributed by atoms with Crippen LogP contribution in [-0.4, -0.2) is 29.1 Å². The number of carbonyl (C=O) groups is 1. The Labute approximate surface area is 114 Å². The molecule has 3 nitrogen and oxygen atoms in total. The largest absolute Gasteiger partial charge is 0.481 e. The van der Waals surface area contributed by atoms with Gasteiger partial charge in [0.15, 0.2) is 0 Å². The first-order valence-electron chi connectivity index (χ1n) is 7.12. The third kappa shape index (κ3) is 2.16. The number of nitrogens with zero attached hydrogens (tertiary/aromatic N) is 1. The maximum absolute atomic E-state index is 11.2. The highest BCUT2D eigenvalue weighted by molar-refractivity contribution is 5.71. The summed E-state index contributed by atoms with van der Waals surface area (Å²) in [6.07, 6.45) is 2.26. The average molecular weight is 259 g/mol. The van der Waals surface area contributed by atoms with Gasteiger partial charge in [-0.15, -0.1) is 0 Å². The van der Waals surface area contributed by atoms with E-state index in [0.717, 1.165) is 19.4 Å². The summed E-state index contributed by atoms with van der Waals surface area (Å²) in [5.41, 5.74) is 4.17. The van der Waals surface area contributed by atoms with Gasteiger partial charge < -0.3 is 5.11 Å². The van der Waals surface area contributed by atoms with E-state index < -0.39 is 5.97 Å². The predicted molar refractivity (Wildman–Crippen MR) is 74.1 cm³/mol. The van der Waals surface area contributed by atoms with Gasteiger partial charge in [0, 0.05) is 19.1 Å². The van der Waals surface area contributed by atoms with Crippen LogP contribution in [0.25, 0.3) is 0 Å². The van der Waals surface area contributed by atoms with Gasteiger partial charge in [0.1, 0.15) is 0 Å². The molecule has 2 aliphatic rings. The second-order valence-corrected chi connectivity index (χ2v) is 6.13. The van der Waals surface area contributed by atoms with E-state index in [9.17, 15) is 9.90 Å². The minimum absolute atomic E-state index is 0.200. The van der Waals surface area contributed by atoms with Crippen molar-refractivity contribution >= 4 is 5.97 Å². The van der Waals surface area contributed by atoms with Crippen LogP contribution in [0.4, 0.5) is 0 Å². The number of rotatable bonds is 2. The van der Waals surface area contributed by atoms with Crippen LogP contribution < -0.4 is 0 Å². The fraction of sp³-hybridized carbons (Fsp3) is 0.562. The quantitative estimate of drug-likeness (QED) is 0.887. The summed E-state index contributed by atoms with van der Waals surface area (Å²) in [7, 11) is 0. The fourth-order valence-electron chi connectivity index (χ4n) is 3.66. The topological polar surface area (TPSA) is 40.5 Å². The van der Waals surface area contributed by atoms with Gasteiger partial charge in [-0.1, -0.05) is 30.7 Å². The molecular formula is C16H21NO2. The van der Waals surface area contributed by atoms with Crippen molar-refractivity contribution in [3.05, 3.63) is 34.9 Å². The first kappa shape index (κ1) is 12.7. The molecule has 0 spiro atoms. The Kier molecular flexibility index (Phi) is 3.09. The highest BCUT2D eigenvalue weighted by atomic mass is 16.4. The van der Waals surface area contributed by atoms with Gasteiger partial charge in [-0.3, -0.25) is 9.69 Å². The molecule has 1 unspecified atom stereocenters. The molecule has 3 heteroatoms. The predicted octanol–water partition coefficient (Wildman–Crippen LogP) is 2.63. The van der Waals surface area contributed by atoms with Crippen LogP contribution in [0, 0.1) is 18.8 Å². The number of benzene rings is 1. The van der Waals surface area contributed by atoms with Crippen molar-refractivity contribution in [2.45, 2.75) is 32.7 Å². The Bertz CT molecular complexity index is 511. The third-order valence-corrected chi connectivity index (χ3v) is 4.75. The van der Waals surface area contributed by atoms with Crippen LogP contribution in [-0.2, 0) is 11.2 Å². The van der Waals surface area contributed by atoms with Crippen molar-refractivity contribution < 1.29 is 9.90 Å². The van der Waals surface area contributed by atoms with Crippen LogP contribution in [0.1, 0.15) is 36.1 Å². The zero-order chi connectivity index (χ0) is 13.6. The molecule has 3 atom stereocenters. The van der Waals surface area contributed by atoms with E-state index in [0.29, 0.717) is 12.6 Å². The molecule has 1 aliphatic heterocycles. The fourth-order valence-corrected chi connectivity index (χ4v) is 3.66. The SMILES string of the molecule is Cc1ccc2c(c1)C(N1C[C@@H](C)[C@H](C(=O)O)C1)CC2. The number of carboxylic acid groups (broad SMARTS) is 1. The summed E-state index contributed by atoms with van der Waals surface area (Å²) in [5.74, 6) is -0.585. The first-order valence-corrected chi connectivity index (χ1v) is 7.12. The van der Waals surface area contributed by atoms with Gasteiger partial charge in [-0.05, 0) is 36.8 Å². The second-order valence-electron chi connectivity index (χ2n) is 6.13. The molecule has 1 fully saturated rings. The number of likely N-dealkylation sites (tertiary alicyclic amines) is 1. The molecule has 1 aromatic carbocycles. The van der Waals surface area contributed by atoms with Crippen LogP contribution in [0.5, 0.6) is 0 Å². The molecule has 1 aromatic rings. The summed E-state index contributed by atoms with van der Waals surface area (Å²) >= 11 is 0. The molecule has 1 aliphatic carbocycles.